The van der Waals surface area contributed by atoms with Crippen molar-refractivity contribution in [2.45, 2.75) is 70.4 Å². The molecule has 110 valence electrons. The number of nitrogens with two attached hydrogens (primary N) is 1. The summed E-state index contributed by atoms with van der Waals surface area (Å²) in [6.07, 6.45) is 5.12. The van der Waals surface area contributed by atoms with Gasteiger partial charge in [-0.05, 0) is 25.2 Å². The second-order valence-corrected chi connectivity index (χ2v) is 6.14. The molecular weight excluding hydrogens is 244 g/mol. The van der Waals surface area contributed by atoms with Gasteiger partial charge in [-0.15, -0.1) is 0 Å². The van der Waals surface area contributed by atoms with E-state index >= 15 is 0 Å². The van der Waals surface area contributed by atoms with E-state index in [2.05, 4.69) is 5.32 Å². The Hall–Kier alpha value is -1.10. The number of carbonyl (C=O) groups excluding carboxylic acids is 1. The second kappa shape index (κ2) is 6.89. The lowest BCUT2D eigenvalue weighted by atomic mass is 9.79. The zero-order chi connectivity index (χ0) is 14.5. The molecule has 0 spiro atoms. The van der Waals surface area contributed by atoms with E-state index in [-0.39, 0.29) is 12.3 Å². The zero-order valence-corrected chi connectivity index (χ0v) is 11.9. The Morgan fingerprint density at radius 2 is 1.84 bits per heavy atom. The SMILES string of the molecule is CC(C)C[C@H](N)C(=O)NC1(CC(=O)O)CCCCC1. The molecule has 0 aromatic rings. The fourth-order valence-corrected chi connectivity index (χ4v) is 2.83. The van der Waals surface area contributed by atoms with Crippen molar-refractivity contribution >= 4 is 11.9 Å². The van der Waals surface area contributed by atoms with Gasteiger partial charge in [-0.2, -0.15) is 0 Å². The lowest BCUT2D eigenvalue weighted by molar-refractivity contribution is -0.139. The first-order valence-corrected chi connectivity index (χ1v) is 7.14. The van der Waals surface area contributed by atoms with E-state index < -0.39 is 17.6 Å². The Bertz CT molecular complexity index is 323. The van der Waals surface area contributed by atoms with Crippen molar-refractivity contribution in [3.63, 3.8) is 0 Å². The van der Waals surface area contributed by atoms with Crippen molar-refractivity contribution in [3.8, 4) is 0 Å². The van der Waals surface area contributed by atoms with E-state index in [0.29, 0.717) is 12.3 Å². The summed E-state index contributed by atoms with van der Waals surface area (Å²) in [6.45, 7) is 4.03. The molecule has 1 saturated carbocycles. The first-order valence-electron chi connectivity index (χ1n) is 7.14. The summed E-state index contributed by atoms with van der Waals surface area (Å²) in [6, 6.07) is -0.549. The molecule has 1 amide bonds. The molecule has 0 bridgehead atoms. The lowest BCUT2D eigenvalue weighted by Gasteiger charge is -2.37. The van der Waals surface area contributed by atoms with E-state index in [4.69, 9.17) is 10.8 Å². The number of aliphatic carboxylic acids is 1. The summed E-state index contributed by atoms with van der Waals surface area (Å²) in [5, 5.41) is 12.0. The highest BCUT2D eigenvalue weighted by Crippen LogP contribution is 2.31. The molecule has 19 heavy (non-hydrogen) atoms. The molecule has 1 aliphatic carbocycles. The summed E-state index contributed by atoms with van der Waals surface area (Å²) < 4.78 is 0. The minimum absolute atomic E-state index is 0.00681. The Morgan fingerprint density at radius 3 is 2.32 bits per heavy atom. The molecule has 0 aliphatic heterocycles. The Kier molecular flexibility index (Phi) is 5.79. The van der Waals surface area contributed by atoms with Crippen LogP contribution in [0.4, 0.5) is 0 Å². The third-order valence-electron chi connectivity index (χ3n) is 3.75. The van der Waals surface area contributed by atoms with Gasteiger partial charge < -0.3 is 16.2 Å². The fraction of sp³-hybridized carbons (Fsp3) is 0.857. The highest BCUT2D eigenvalue weighted by Gasteiger charge is 2.36. The number of nitrogens with one attached hydrogen (secondary N) is 1. The first-order chi connectivity index (χ1) is 8.84. The smallest absolute Gasteiger partial charge is 0.305 e. The van der Waals surface area contributed by atoms with Gasteiger partial charge in [0.2, 0.25) is 5.91 Å². The van der Waals surface area contributed by atoms with Crippen LogP contribution in [-0.4, -0.2) is 28.6 Å². The van der Waals surface area contributed by atoms with Crippen molar-refractivity contribution in [2.24, 2.45) is 11.7 Å². The van der Waals surface area contributed by atoms with E-state index in [9.17, 15) is 9.59 Å². The molecule has 5 heteroatoms. The molecular formula is C14H26N2O3. The summed E-state index contributed by atoms with van der Waals surface area (Å²) in [7, 11) is 0. The van der Waals surface area contributed by atoms with Gasteiger partial charge >= 0.3 is 5.97 Å². The van der Waals surface area contributed by atoms with E-state index in [1.165, 1.54) is 0 Å². The maximum Gasteiger partial charge on any atom is 0.305 e. The average Bonchev–Trinajstić information content (AvgIpc) is 2.27. The van der Waals surface area contributed by atoms with Gasteiger partial charge in [0.15, 0.2) is 0 Å². The van der Waals surface area contributed by atoms with Crippen LogP contribution in [0.15, 0.2) is 0 Å². The minimum Gasteiger partial charge on any atom is -0.481 e. The van der Waals surface area contributed by atoms with E-state index in [1.54, 1.807) is 0 Å². The molecule has 0 unspecified atom stereocenters. The lowest BCUT2D eigenvalue weighted by Crippen LogP contribution is -2.55. The maximum atomic E-state index is 12.1. The van der Waals surface area contributed by atoms with Crippen LogP contribution in [0, 0.1) is 5.92 Å². The highest BCUT2D eigenvalue weighted by atomic mass is 16.4. The molecule has 1 atom stereocenters. The van der Waals surface area contributed by atoms with Crippen molar-refractivity contribution in [2.75, 3.05) is 0 Å². The number of carbonyl (C=O) groups is 2. The molecule has 0 aromatic heterocycles. The maximum absolute atomic E-state index is 12.1. The molecule has 1 aliphatic rings. The largest absolute Gasteiger partial charge is 0.481 e. The van der Waals surface area contributed by atoms with Gasteiger partial charge in [-0.1, -0.05) is 33.1 Å². The fourth-order valence-electron chi connectivity index (χ4n) is 2.83. The molecule has 0 radical (unpaired) electrons. The number of amides is 1. The van der Waals surface area contributed by atoms with E-state index in [0.717, 1.165) is 32.1 Å². The van der Waals surface area contributed by atoms with Gasteiger partial charge in [0.05, 0.1) is 18.0 Å². The molecule has 0 aromatic carbocycles. The highest BCUT2D eigenvalue weighted by molar-refractivity contribution is 5.83. The summed E-state index contributed by atoms with van der Waals surface area (Å²) in [5.41, 5.74) is 5.28. The standard InChI is InChI=1S/C14H26N2O3/c1-10(2)8-11(15)13(19)16-14(9-12(17)18)6-4-3-5-7-14/h10-11H,3-9,15H2,1-2H3,(H,16,19)(H,17,18)/t11-/m0/s1. The van der Waals surface area contributed by atoms with Gasteiger partial charge in [-0.25, -0.2) is 0 Å². The number of hydrogen-bond acceptors (Lipinski definition) is 3. The van der Waals surface area contributed by atoms with Gasteiger partial charge in [0.25, 0.3) is 0 Å². The van der Waals surface area contributed by atoms with Crippen molar-refractivity contribution in [1.29, 1.82) is 0 Å². The number of carboxylic acid groups (broad SMARTS) is 1. The molecule has 1 rings (SSSR count). The monoisotopic (exact) mass is 270 g/mol. The number of carboxylic acids is 1. The zero-order valence-electron chi connectivity index (χ0n) is 11.9. The second-order valence-electron chi connectivity index (χ2n) is 6.14. The predicted molar refractivity (Wildman–Crippen MR) is 73.6 cm³/mol. The number of hydrogen-bond donors (Lipinski definition) is 3. The van der Waals surface area contributed by atoms with Gasteiger partial charge in [0.1, 0.15) is 0 Å². The Labute approximate surface area is 114 Å². The third kappa shape index (κ3) is 5.19. The van der Waals surface area contributed by atoms with Crippen LogP contribution < -0.4 is 11.1 Å². The topological polar surface area (TPSA) is 92.4 Å². The van der Waals surface area contributed by atoms with Crippen LogP contribution in [0.3, 0.4) is 0 Å². The Balaban J connectivity index is 2.66. The predicted octanol–water partition coefficient (Wildman–Crippen LogP) is 1.65. The Morgan fingerprint density at radius 1 is 1.26 bits per heavy atom. The average molecular weight is 270 g/mol. The third-order valence-corrected chi connectivity index (χ3v) is 3.75. The quantitative estimate of drug-likeness (QED) is 0.684. The van der Waals surface area contributed by atoms with Gasteiger partial charge in [0, 0.05) is 0 Å². The van der Waals surface area contributed by atoms with Crippen LogP contribution in [0.25, 0.3) is 0 Å². The van der Waals surface area contributed by atoms with Crippen LogP contribution in [-0.2, 0) is 9.59 Å². The van der Waals surface area contributed by atoms with Crippen LogP contribution >= 0.6 is 0 Å². The van der Waals surface area contributed by atoms with Crippen molar-refractivity contribution < 1.29 is 14.7 Å². The summed E-state index contributed by atoms with van der Waals surface area (Å²) in [5.74, 6) is -0.723. The summed E-state index contributed by atoms with van der Waals surface area (Å²) in [4.78, 5) is 23.1. The minimum atomic E-state index is -0.861. The van der Waals surface area contributed by atoms with Gasteiger partial charge in [-0.3, -0.25) is 9.59 Å². The molecule has 1 fully saturated rings. The first kappa shape index (κ1) is 16.0. The number of rotatable bonds is 6. The normalized spacial score (nSPS) is 20.0. The summed E-state index contributed by atoms with van der Waals surface area (Å²) >= 11 is 0. The molecule has 5 nitrogen and oxygen atoms in total. The van der Waals surface area contributed by atoms with Crippen molar-refractivity contribution in [3.05, 3.63) is 0 Å². The molecule has 4 N–H and O–H groups in total. The van der Waals surface area contributed by atoms with E-state index in [1.807, 2.05) is 13.8 Å². The van der Waals surface area contributed by atoms with Crippen LogP contribution in [0.2, 0.25) is 0 Å². The molecule has 0 heterocycles. The van der Waals surface area contributed by atoms with Crippen LogP contribution in [0.5, 0.6) is 0 Å². The van der Waals surface area contributed by atoms with Crippen LogP contribution in [0.1, 0.15) is 58.8 Å². The van der Waals surface area contributed by atoms with Crippen molar-refractivity contribution in [1.82, 2.24) is 5.32 Å². The molecule has 0 saturated heterocycles.